The van der Waals surface area contributed by atoms with Gasteiger partial charge in [-0.3, -0.25) is 14.4 Å². The molecule has 210 valence electrons. The number of hydrogen-bond acceptors (Lipinski definition) is 4. The van der Waals surface area contributed by atoms with Gasteiger partial charge in [-0.05, 0) is 24.8 Å². The fraction of sp³-hybridized carbons (Fsp3) is 0.321. The number of aromatic nitrogens is 1. The van der Waals surface area contributed by atoms with E-state index in [1.54, 1.807) is 30.3 Å². The molecule has 12 heteroatoms. The summed E-state index contributed by atoms with van der Waals surface area (Å²) >= 11 is 0. The van der Waals surface area contributed by atoms with Crippen LogP contribution in [0.3, 0.4) is 0 Å². The summed E-state index contributed by atoms with van der Waals surface area (Å²) in [6.07, 6.45) is -0.788. The minimum Gasteiger partial charge on any atom is -0.483 e. The molecule has 3 aromatic rings. The fourth-order valence-electron chi connectivity index (χ4n) is 5.17. The lowest BCUT2D eigenvalue weighted by Gasteiger charge is -2.38. The molecule has 0 unspecified atom stereocenters. The maximum Gasteiger partial charge on any atom is 0.275 e. The number of halogens is 5. The Morgan fingerprint density at radius 1 is 1.05 bits per heavy atom. The van der Waals surface area contributed by atoms with Crippen molar-refractivity contribution >= 4 is 11.8 Å². The zero-order valence-corrected chi connectivity index (χ0v) is 21.0. The molecule has 2 aromatic carbocycles. The van der Waals surface area contributed by atoms with Crippen LogP contribution in [0.4, 0.5) is 22.0 Å². The van der Waals surface area contributed by atoms with E-state index in [0.717, 1.165) is 11.1 Å². The molecular weight excluding hydrogens is 537 g/mol. The number of fused-ring (bicyclic) bond motifs is 4. The third-order valence-corrected chi connectivity index (χ3v) is 7.19. The van der Waals surface area contributed by atoms with Crippen LogP contribution < -0.4 is 15.5 Å². The fourth-order valence-corrected chi connectivity index (χ4v) is 5.17. The zero-order valence-electron chi connectivity index (χ0n) is 21.0. The minimum absolute atomic E-state index is 0.0467. The summed E-state index contributed by atoms with van der Waals surface area (Å²) in [5, 5.41) is 2.26. The van der Waals surface area contributed by atoms with Crippen LogP contribution in [0.15, 0.2) is 53.5 Å². The summed E-state index contributed by atoms with van der Waals surface area (Å²) in [7, 11) is 0. The van der Waals surface area contributed by atoms with Crippen molar-refractivity contribution in [3.05, 3.63) is 98.7 Å². The van der Waals surface area contributed by atoms with Crippen molar-refractivity contribution in [2.24, 2.45) is 0 Å². The van der Waals surface area contributed by atoms with Crippen LogP contribution in [-0.2, 0) is 13.2 Å². The molecule has 7 nitrogen and oxygen atoms in total. The van der Waals surface area contributed by atoms with Crippen molar-refractivity contribution in [2.75, 3.05) is 6.54 Å². The lowest BCUT2D eigenvalue weighted by atomic mass is 10.1. The van der Waals surface area contributed by atoms with E-state index < -0.39 is 76.6 Å². The van der Waals surface area contributed by atoms with E-state index in [-0.39, 0.29) is 25.3 Å². The molecular formula is C28H24F5N3O4. The highest BCUT2D eigenvalue weighted by atomic mass is 19.3. The molecule has 1 saturated heterocycles. The first-order valence-electron chi connectivity index (χ1n) is 12.6. The molecule has 1 N–H and O–H groups in total. The van der Waals surface area contributed by atoms with Crippen molar-refractivity contribution in [1.82, 2.24) is 14.8 Å². The first kappa shape index (κ1) is 27.4. The molecule has 2 bridgehead atoms. The molecule has 5 rings (SSSR count). The van der Waals surface area contributed by atoms with Gasteiger partial charge in [-0.1, -0.05) is 30.3 Å². The summed E-state index contributed by atoms with van der Waals surface area (Å²) in [6.45, 7) is -0.893. The first-order chi connectivity index (χ1) is 19.2. The number of rotatable bonds is 7. The van der Waals surface area contributed by atoms with Gasteiger partial charge < -0.3 is 19.5 Å². The number of benzene rings is 2. The Balaban J connectivity index is 1.55. The van der Waals surface area contributed by atoms with Crippen molar-refractivity contribution in [1.29, 1.82) is 0 Å². The Bertz CT molecular complexity index is 1490. The minimum atomic E-state index is -2.79. The van der Waals surface area contributed by atoms with Crippen molar-refractivity contribution < 1.29 is 36.3 Å². The number of carbonyl (C=O) groups excluding carboxylic acids is 2. The first-order valence-corrected chi connectivity index (χ1v) is 12.6. The topological polar surface area (TPSA) is 80.6 Å². The second-order valence-electron chi connectivity index (χ2n) is 9.71. The Morgan fingerprint density at radius 3 is 2.42 bits per heavy atom. The Kier molecular flexibility index (Phi) is 7.59. The van der Waals surface area contributed by atoms with E-state index in [4.69, 9.17) is 4.74 Å². The SMILES string of the molecule is O=C(NCc1c(F)cc(F)cc1F)c1cn2c(c(OCc3ccccc3)c1=O)C(=O)N1C[C@@H]2CCC[C@@H]1C(F)F. The molecule has 0 radical (unpaired) electrons. The zero-order chi connectivity index (χ0) is 28.6. The summed E-state index contributed by atoms with van der Waals surface area (Å²) in [5.41, 5.74) is -1.66. The van der Waals surface area contributed by atoms with Crippen molar-refractivity contribution in [3.8, 4) is 5.75 Å². The second kappa shape index (κ2) is 11.1. The molecule has 0 spiro atoms. The molecule has 0 saturated carbocycles. The van der Waals surface area contributed by atoms with E-state index in [9.17, 15) is 36.3 Å². The smallest absolute Gasteiger partial charge is 0.275 e. The molecule has 2 aliphatic heterocycles. The van der Waals surface area contributed by atoms with Gasteiger partial charge in [0.15, 0.2) is 11.4 Å². The van der Waals surface area contributed by atoms with Crippen LogP contribution in [0.2, 0.25) is 0 Å². The van der Waals surface area contributed by atoms with Crippen LogP contribution in [0.1, 0.15) is 57.3 Å². The highest BCUT2D eigenvalue weighted by Gasteiger charge is 2.43. The average Bonchev–Trinajstić information content (AvgIpc) is 3.12. The molecule has 2 amide bonds. The third kappa shape index (κ3) is 5.17. The van der Waals surface area contributed by atoms with E-state index in [2.05, 4.69) is 5.32 Å². The Labute approximate surface area is 225 Å². The predicted molar refractivity (Wildman–Crippen MR) is 133 cm³/mol. The lowest BCUT2D eigenvalue weighted by molar-refractivity contribution is 0.0137. The molecule has 3 heterocycles. The van der Waals surface area contributed by atoms with Gasteiger partial charge in [0, 0.05) is 37.0 Å². The van der Waals surface area contributed by atoms with Crippen LogP contribution in [0, 0.1) is 17.5 Å². The molecule has 1 aromatic heterocycles. The Hall–Kier alpha value is -4.22. The maximum atomic E-state index is 14.1. The number of ether oxygens (including phenoxy) is 1. The van der Waals surface area contributed by atoms with Gasteiger partial charge in [-0.25, -0.2) is 22.0 Å². The van der Waals surface area contributed by atoms with Crippen LogP contribution in [-0.4, -0.2) is 40.3 Å². The second-order valence-corrected chi connectivity index (χ2v) is 9.71. The monoisotopic (exact) mass is 561 g/mol. The molecule has 1 fully saturated rings. The number of hydrogen-bond donors (Lipinski definition) is 1. The molecule has 2 atom stereocenters. The van der Waals surface area contributed by atoms with Gasteiger partial charge >= 0.3 is 0 Å². The maximum absolute atomic E-state index is 14.1. The van der Waals surface area contributed by atoms with Gasteiger partial charge in [0.1, 0.15) is 29.6 Å². The lowest BCUT2D eigenvalue weighted by Crippen LogP contribution is -2.50. The summed E-state index contributed by atoms with van der Waals surface area (Å²) < 4.78 is 76.3. The third-order valence-electron chi connectivity index (χ3n) is 7.19. The standard InChI is InChI=1S/C28H24F5N3O4/c29-16-9-20(30)18(21(31)10-16)11-34-27(38)19-13-35-17-7-4-8-22(26(32)33)36(12-17)28(39)23(35)25(24(19)37)40-14-15-5-2-1-3-6-15/h1-3,5-6,9-10,13,17,22,26H,4,7-8,11-12,14H2,(H,34,38)/t17-,22+/m0/s1. The van der Waals surface area contributed by atoms with E-state index in [1.165, 1.54) is 4.57 Å². The Morgan fingerprint density at radius 2 is 1.75 bits per heavy atom. The van der Waals surface area contributed by atoms with E-state index in [1.807, 2.05) is 0 Å². The number of carbonyl (C=O) groups is 2. The molecule has 0 aliphatic carbocycles. The molecule has 2 aliphatic rings. The van der Waals surface area contributed by atoms with Crippen LogP contribution in [0.25, 0.3) is 0 Å². The number of alkyl halides is 2. The average molecular weight is 562 g/mol. The van der Waals surface area contributed by atoms with Gasteiger partial charge in [0.2, 0.25) is 5.43 Å². The quantitative estimate of drug-likeness (QED) is 0.428. The van der Waals surface area contributed by atoms with Crippen molar-refractivity contribution in [2.45, 2.75) is 50.9 Å². The highest BCUT2D eigenvalue weighted by molar-refractivity contribution is 5.99. The highest BCUT2D eigenvalue weighted by Crippen LogP contribution is 2.36. The normalized spacial score (nSPS) is 18.4. The largest absolute Gasteiger partial charge is 0.483 e. The van der Waals surface area contributed by atoms with Gasteiger partial charge in [0.05, 0.1) is 12.1 Å². The molecule has 40 heavy (non-hydrogen) atoms. The van der Waals surface area contributed by atoms with Gasteiger partial charge in [-0.2, -0.15) is 0 Å². The summed E-state index contributed by atoms with van der Waals surface area (Å²) in [5.74, 6) is -5.87. The van der Waals surface area contributed by atoms with Gasteiger partial charge in [0.25, 0.3) is 18.2 Å². The predicted octanol–water partition coefficient (Wildman–Crippen LogP) is 4.59. The van der Waals surface area contributed by atoms with Crippen molar-refractivity contribution in [3.63, 3.8) is 0 Å². The van der Waals surface area contributed by atoms with Gasteiger partial charge in [-0.15, -0.1) is 0 Å². The van der Waals surface area contributed by atoms with E-state index >= 15 is 0 Å². The van der Waals surface area contributed by atoms with Crippen LogP contribution in [0.5, 0.6) is 5.75 Å². The number of nitrogens with one attached hydrogen (secondary N) is 1. The number of amides is 2. The number of pyridine rings is 1. The summed E-state index contributed by atoms with van der Waals surface area (Å²) in [4.78, 5) is 41.2. The summed E-state index contributed by atoms with van der Waals surface area (Å²) in [6, 6.07) is 7.74. The number of nitrogens with zero attached hydrogens (tertiary/aromatic N) is 2. The van der Waals surface area contributed by atoms with E-state index in [0.29, 0.717) is 30.5 Å². The van der Waals surface area contributed by atoms with Crippen LogP contribution >= 0.6 is 0 Å².